The molecule has 80 valence electrons. The lowest BCUT2D eigenvalue weighted by molar-refractivity contribution is -0.143. The Labute approximate surface area is 83.5 Å². The minimum Gasteiger partial charge on any atom is -0.293 e. The van der Waals surface area contributed by atoms with Gasteiger partial charge in [-0.1, -0.05) is 6.42 Å². The molecule has 0 saturated carbocycles. The van der Waals surface area contributed by atoms with E-state index in [1.807, 2.05) is 0 Å². The molecular formula is C9H12F2O2S. The van der Waals surface area contributed by atoms with Crippen LogP contribution in [0.2, 0.25) is 0 Å². The van der Waals surface area contributed by atoms with Gasteiger partial charge in [-0.25, -0.2) is 0 Å². The lowest BCUT2D eigenvalue weighted by Crippen LogP contribution is -2.31. The molecule has 2 fully saturated rings. The van der Waals surface area contributed by atoms with E-state index in [-0.39, 0.29) is 11.7 Å². The highest BCUT2D eigenvalue weighted by molar-refractivity contribution is 7.86. The summed E-state index contributed by atoms with van der Waals surface area (Å²) in [7, 11) is -1.22. The first-order valence-corrected chi connectivity index (χ1v) is 6.09. The van der Waals surface area contributed by atoms with E-state index >= 15 is 0 Å². The maximum absolute atomic E-state index is 13.2. The second-order valence-corrected chi connectivity index (χ2v) is 6.03. The number of ketones is 1. The molecule has 2 rings (SSSR count). The predicted molar refractivity (Wildman–Crippen MR) is 48.8 cm³/mol. The quantitative estimate of drug-likeness (QED) is 0.624. The number of halogens is 2. The predicted octanol–water partition coefficient (Wildman–Crippen LogP) is 1.65. The molecule has 0 spiro atoms. The van der Waals surface area contributed by atoms with Crippen molar-refractivity contribution in [1.29, 1.82) is 0 Å². The lowest BCUT2D eigenvalue weighted by atomic mass is 10.1. The summed E-state index contributed by atoms with van der Waals surface area (Å²) in [5.74, 6) is -4.25. The molecule has 0 aromatic heterocycles. The summed E-state index contributed by atoms with van der Waals surface area (Å²) in [6.07, 6.45) is 1.35. The van der Waals surface area contributed by atoms with Crippen LogP contribution in [0.1, 0.15) is 32.1 Å². The van der Waals surface area contributed by atoms with E-state index in [9.17, 15) is 17.8 Å². The van der Waals surface area contributed by atoms with Crippen LogP contribution < -0.4 is 0 Å². The first-order valence-electron chi connectivity index (χ1n) is 4.81. The molecule has 2 aliphatic heterocycles. The van der Waals surface area contributed by atoms with Gasteiger partial charge >= 0.3 is 5.92 Å². The molecule has 2 aliphatic rings. The van der Waals surface area contributed by atoms with Gasteiger partial charge in [0.05, 0.1) is 0 Å². The van der Waals surface area contributed by atoms with Crippen LogP contribution in [0.5, 0.6) is 0 Å². The third kappa shape index (κ3) is 1.62. The summed E-state index contributed by atoms with van der Waals surface area (Å²) >= 11 is 0. The molecule has 2 heterocycles. The zero-order chi connectivity index (χ0) is 10.3. The Bertz CT molecular complexity index is 289. The van der Waals surface area contributed by atoms with Crippen molar-refractivity contribution in [3.05, 3.63) is 0 Å². The van der Waals surface area contributed by atoms with Crippen LogP contribution in [0.15, 0.2) is 0 Å². The van der Waals surface area contributed by atoms with Gasteiger partial charge in [-0.15, -0.1) is 0 Å². The van der Waals surface area contributed by atoms with E-state index in [2.05, 4.69) is 0 Å². The molecule has 5 heteroatoms. The topological polar surface area (TPSA) is 34.1 Å². The Morgan fingerprint density at radius 1 is 1.29 bits per heavy atom. The summed E-state index contributed by atoms with van der Waals surface area (Å²) in [5, 5.41) is -0.773. The summed E-state index contributed by atoms with van der Waals surface area (Å²) in [6, 6.07) is 0. The van der Waals surface area contributed by atoms with Gasteiger partial charge < -0.3 is 0 Å². The van der Waals surface area contributed by atoms with Gasteiger partial charge in [0.25, 0.3) is 0 Å². The van der Waals surface area contributed by atoms with E-state index in [1.165, 1.54) is 0 Å². The zero-order valence-corrected chi connectivity index (χ0v) is 8.49. The minimum absolute atomic E-state index is 0.198. The van der Waals surface area contributed by atoms with Crippen LogP contribution in [0.3, 0.4) is 0 Å². The second kappa shape index (κ2) is 3.36. The van der Waals surface area contributed by atoms with Gasteiger partial charge in [0.15, 0.2) is 0 Å². The first-order chi connectivity index (χ1) is 6.50. The highest BCUT2D eigenvalue weighted by Gasteiger charge is 2.48. The van der Waals surface area contributed by atoms with Crippen LogP contribution in [0.25, 0.3) is 0 Å². The van der Waals surface area contributed by atoms with Gasteiger partial charge in [0, 0.05) is 34.1 Å². The standard InChI is InChI=1S/C9H12F2O2S/c10-9(11)5-7-3-1-2-6(14(7)13)4-8(9)12/h6-7H,1-5H2. The fraction of sp³-hybridized carbons (Fsp3) is 0.889. The Balaban J connectivity index is 2.29. The molecule has 0 radical (unpaired) electrons. The molecule has 0 amide bonds. The van der Waals surface area contributed by atoms with Crippen molar-refractivity contribution in [3.63, 3.8) is 0 Å². The number of hydrogen-bond acceptors (Lipinski definition) is 2. The molecule has 2 nitrogen and oxygen atoms in total. The molecule has 0 aliphatic carbocycles. The molecule has 3 atom stereocenters. The van der Waals surface area contributed by atoms with Crippen molar-refractivity contribution >= 4 is 16.6 Å². The lowest BCUT2D eigenvalue weighted by Gasteiger charge is -2.25. The molecule has 0 N–H and O–H groups in total. The van der Waals surface area contributed by atoms with Gasteiger partial charge in [-0.05, 0) is 12.8 Å². The molecule has 2 bridgehead atoms. The highest BCUT2D eigenvalue weighted by atomic mass is 32.2. The maximum Gasteiger partial charge on any atom is 0.306 e. The van der Waals surface area contributed by atoms with Crippen LogP contribution in [0, 0.1) is 0 Å². The smallest absolute Gasteiger partial charge is 0.293 e. The van der Waals surface area contributed by atoms with Crippen LogP contribution in [0.4, 0.5) is 8.78 Å². The van der Waals surface area contributed by atoms with Crippen molar-refractivity contribution in [3.8, 4) is 0 Å². The van der Waals surface area contributed by atoms with Gasteiger partial charge in [-0.2, -0.15) is 8.78 Å². The van der Waals surface area contributed by atoms with Crippen molar-refractivity contribution in [2.45, 2.75) is 48.5 Å². The molecule has 3 unspecified atom stereocenters. The maximum atomic E-state index is 13.2. The Morgan fingerprint density at radius 3 is 2.64 bits per heavy atom. The molecular weight excluding hydrogens is 210 g/mol. The normalized spacial score (nSPS) is 41.9. The van der Waals surface area contributed by atoms with Crippen LogP contribution >= 0.6 is 0 Å². The number of Topliss-reactive ketones (excluding diaryl/α,β-unsaturated/α-hetero) is 1. The molecule has 0 aromatic rings. The summed E-state index contributed by atoms with van der Waals surface area (Å²) in [5.41, 5.74) is 0. The molecule has 2 saturated heterocycles. The van der Waals surface area contributed by atoms with Crippen LogP contribution in [-0.2, 0) is 15.6 Å². The third-order valence-corrected chi connectivity index (χ3v) is 5.13. The number of carbonyl (C=O) groups is 1. The van der Waals surface area contributed by atoms with Gasteiger partial charge in [-0.3, -0.25) is 9.00 Å². The monoisotopic (exact) mass is 222 g/mol. The summed E-state index contributed by atoms with van der Waals surface area (Å²) in [4.78, 5) is 11.1. The fourth-order valence-corrected chi connectivity index (χ4v) is 4.23. The van der Waals surface area contributed by atoms with Crippen molar-refractivity contribution < 1.29 is 17.8 Å². The molecule has 14 heavy (non-hydrogen) atoms. The number of fused-ring (bicyclic) bond motifs is 2. The van der Waals surface area contributed by atoms with Crippen LogP contribution in [-0.4, -0.2) is 26.4 Å². The average molecular weight is 222 g/mol. The minimum atomic E-state index is -3.24. The number of hydrogen-bond donors (Lipinski definition) is 0. The number of rotatable bonds is 0. The Hall–Kier alpha value is -0.320. The largest absolute Gasteiger partial charge is 0.306 e. The molecule has 0 aromatic carbocycles. The zero-order valence-electron chi connectivity index (χ0n) is 7.67. The van der Waals surface area contributed by atoms with E-state index in [4.69, 9.17) is 0 Å². The summed E-state index contributed by atoms with van der Waals surface area (Å²) in [6.45, 7) is 0. The van der Waals surface area contributed by atoms with Crippen molar-refractivity contribution in [1.82, 2.24) is 0 Å². The average Bonchev–Trinajstić information content (AvgIpc) is 2.17. The van der Waals surface area contributed by atoms with Gasteiger partial charge in [0.1, 0.15) is 0 Å². The van der Waals surface area contributed by atoms with E-state index in [1.54, 1.807) is 0 Å². The van der Waals surface area contributed by atoms with E-state index < -0.39 is 34.2 Å². The SMILES string of the molecule is O=C1CC2CCCC(CC1(F)F)S2=O. The Kier molecular flexibility index (Phi) is 2.45. The van der Waals surface area contributed by atoms with Crippen molar-refractivity contribution in [2.75, 3.05) is 0 Å². The Morgan fingerprint density at radius 2 is 1.93 bits per heavy atom. The van der Waals surface area contributed by atoms with Gasteiger partial charge in [0.2, 0.25) is 5.78 Å². The van der Waals surface area contributed by atoms with E-state index in [0.29, 0.717) is 12.8 Å². The highest BCUT2D eigenvalue weighted by Crippen LogP contribution is 2.37. The first kappa shape index (κ1) is 10.2. The fourth-order valence-electron chi connectivity index (χ4n) is 2.20. The summed E-state index contributed by atoms with van der Waals surface area (Å²) < 4.78 is 38.1. The van der Waals surface area contributed by atoms with Crippen molar-refractivity contribution in [2.24, 2.45) is 0 Å². The number of carbonyl (C=O) groups excluding carboxylic acids is 1. The number of alkyl halides is 2. The third-order valence-electron chi connectivity index (χ3n) is 3.01. The second-order valence-electron chi connectivity index (χ2n) is 4.04. The van der Waals surface area contributed by atoms with E-state index in [0.717, 1.165) is 6.42 Å².